The Bertz CT molecular complexity index is 927. The second kappa shape index (κ2) is 3.77. The van der Waals surface area contributed by atoms with Crippen molar-refractivity contribution in [3.8, 4) is 0 Å². The van der Waals surface area contributed by atoms with Crippen LogP contribution in [0.1, 0.15) is 23.3 Å². The first-order valence-corrected chi connectivity index (χ1v) is 7.51. The van der Waals surface area contributed by atoms with E-state index in [4.69, 9.17) is 12.2 Å². The Morgan fingerprint density at radius 2 is 2.16 bits per heavy atom. The molecule has 1 N–H and O–H groups in total. The van der Waals surface area contributed by atoms with E-state index < -0.39 is 0 Å². The SMILES string of the molecule is Cn1c(=O)c2n[nH]c(=S)n2c2sc3c(c21)CCCC3. The topological polar surface area (TPSA) is 55.1 Å². The van der Waals surface area contributed by atoms with Crippen molar-refractivity contribution in [2.24, 2.45) is 7.05 Å². The van der Waals surface area contributed by atoms with Crippen LogP contribution in [0, 0.1) is 4.77 Å². The molecule has 0 radical (unpaired) electrons. The van der Waals surface area contributed by atoms with Crippen LogP contribution in [0.4, 0.5) is 0 Å². The van der Waals surface area contributed by atoms with Crippen LogP contribution in [0.5, 0.6) is 0 Å². The molecule has 0 bridgehead atoms. The summed E-state index contributed by atoms with van der Waals surface area (Å²) in [6.45, 7) is 0. The Labute approximate surface area is 117 Å². The van der Waals surface area contributed by atoms with Crippen molar-refractivity contribution < 1.29 is 0 Å². The molecule has 1 aliphatic rings. The van der Waals surface area contributed by atoms with Gasteiger partial charge >= 0.3 is 0 Å². The molecule has 3 heterocycles. The van der Waals surface area contributed by atoms with Gasteiger partial charge in [0.05, 0.1) is 5.52 Å². The third-order valence-corrected chi connectivity index (χ3v) is 5.37. The average Bonchev–Trinajstić information content (AvgIpc) is 2.96. The van der Waals surface area contributed by atoms with Gasteiger partial charge in [-0.15, -0.1) is 16.4 Å². The van der Waals surface area contributed by atoms with E-state index in [-0.39, 0.29) is 5.56 Å². The molecule has 0 aromatic carbocycles. The summed E-state index contributed by atoms with van der Waals surface area (Å²) in [4.78, 5) is 14.8. The fourth-order valence-corrected chi connectivity index (χ4v) is 4.62. The number of nitrogens with one attached hydrogen (secondary N) is 1. The van der Waals surface area contributed by atoms with Gasteiger partial charge in [0.2, 0.25) is 10.4 Å². The van der Waals surface area contributed by atoms with Gasteiger partial charge in [-0.25, -0.2) is 0 Å². The summed E-state index contributed by atoms with van der Waals surface area (Å²) in [6.07, 6.45) is 4.59. The van der Waals surface area contributed by atoms with Gasteiger partial charge < -0.3 is 4.57 Å². The van der Waals surface area contributed by atoms with Crippen LogP contribution in [-0.2, 0) is 19.9 Å². The normalized spacial score (nSPS) is 15.2. The van der Waals surface area contributed by atoms with Gasteiger partial charge in [0.25, 0.3) is 5.56 Å². The molecule has 19 heavy (non-hydrogen) atoms. The highest BCUT2D eigenvalue weighted by Gasteiger charge is 2.21. The van der Waals surface area contributed by atoms with Crippen LogP contribution in [0.3, 0.4) is 0 Å². The number of hydrogen-bond acceptors (Lipinski definition) is 4. The van der Waals surface area contributed by atoms with Gasteiger partial charge in [0.1, 0.15) is 4.83 Å². The molecule has 0 spiro atoms. The standard InChI is InChI=1S/C12H12N4OS2/c1-15-8-6-4-2-3-5-7(6)19-11(8)16-9(10(15)17)13-14-12(16)18/h2-5H2,1H3,(H,14,18). The quantitative estimate of drug-likeness (QED) is 0.646. The Morgan fingerprint density at radius 1 is 1.37 bits per heavy atom. The van der Waals surface area contributed by atoms with E-state index in [2.05, 4.69) is 10.2 Å². The molecule has 0 atom stereocenters. The van der Waals surface area contributed by atoms with Crippen LogP contribution in [0.2, 0.25) is 0 Å². The minimum absolute atomic E-state index is 0.0916. The van der Waals surface area contributed by atoms with Crippen molar-refractivity contribution in [2.45, 2.75) is 25.7 Å². The zero-order valence-corrected chi connectivity index (χ0v) is 12.0. The first-order chi connectivity index (χ1) is 9.18. The molecule has 0 saturated carbocycles. The highest BCUT2D eigenvalue weighted by Crippen LogP contribution is 2.35. The maximum atomic E-state index is 12.4. The van der Waals surface area contributed by atoms with Crippen LogP contribution in [0.15, 0.2) is 4.79 Å². The van der Waals surface area contributed by atoms with Gasteiger partial charge in [0.15, 0.2) is 0 Å². The minimum Gasteiger partial charge on any atom is -0.306 e. The van der Waals surface area contributed by atoms with Crippen LogP contribution >= 0.6 is 23.6 Å². The zero-order chi connectivity index (χ0) is 13.1. The summed E-state index contributed by atoms with van der Waals surface area (Å²) in [5.41, 5.74) is 2.66. The highest BCUT2D eigenvalue weighted by atomic mass is 32.1. The highest BCUT2D eigenvalue weighted by molar-refractivity contribution is 7.71. The molecule has 5 nitrogen and oxygen atoms in total. The number of aromatic amines is 1. The maximum absolute atomic E-state index is 12.4. The maximum Gasteiger partial charge on any atom is 0.296 e. The summed E-state index contributed by atoms with van der Waals surface area (Å²) < 4.78 is 4.01. The number of aromatic nitrogens is 4. The summed E-state index contributed by atoms with van der Waals surface area (Å²) in [5, 5.41) is 6.78. The number of thiophene rings is 1. The van der Waals surface area contributed by atoms with Crippen LogP contribution in [0.25, 0.3) is 16.0 Å². The molecule has 1 aliphatic carbocycles. The van der Waals surface area contributed by atoms with E-state index >= 15 is 0 Å². The van der Waals surface area contributed by atoms with Crippen LogP contribution in [-0.4, -0.2) is 19.2 Å². The van der Waals surface area contributed by atoms with E-state index in [1.54, 1.807) is 20.3 Å². The monoisotopic (exact) mass is 292 g/mol. The second-order valence-electron chi connectivity index (χ2n) is 4.92. The number of rotatable bonds is 0. The van der Waals surface area contributed by atoms with E-state index in [9.17, 15) is 4.79 Å². The van der Waals surface area contributed by atoms with E-state index in [0.29, 0.717) is 10.4 Å². The van der Waals surface area contributed by atoms with Crippen LogP contribution < -0.4 is 5.56 Å². The van der Waals surface area contributed by atoms with Crippen molar-refractivity contribution in [3.63, 3.8) is 0 Å². The lowest BCUT2D eigenvalue weighted by molar-refractivity contribution is 0.696. The Hall–Kier alpha value is -1.47. The second-order valence-corrected chi connectivity index (χ2v) is 6.39. The van der Waals surface area contributed by atoms with Gasteiger partial charge in [-0.1, -0.05) is 0 Å². The fraction of sp³-hybridized carbons (Fsp3) is 0.417. The molecule has 7 heteroatoms. The number of nitrogens with zero attached hydrogens (tertiary/aromatic N) is 3. The predicted molar refractivity (Wildman–Crippen MR) is 77.6 cm³/mol. The lowest BCUT2D eigenvalue weighted by atomic mass is 9.98. The third-order valence-electron chi connectivity index (χ3n) is 3.83. The van der Waals surface area contributed by atoms with Crippen molar-refractivity contribution in [2.75, 3.05) is 0 Å². The molecule has 0 unspecified atom stereocenters. The van der Waals surface area contributed by atoms with Crippen molar-refractivity contribution >= 4 is 39.5 Å². The van der Waals surface area contributed by atoms with Gasteiger partial charge in [-0.3, -0.25) is 14.3 Å². The molecule has 0 fully saturated rings. The molecule has 0 aliphatic heterocycles. The fourth-order valence-electron chi connectivity index (χ4n) is 2.91. The minimum atomic E-state index is -0.0916. The van der Waals surface area contributed by atoms with E-state index in [1.807, 2.05) is 7.05 Å². The lowest BCUT2D eigenvalue weighted by Gasteiger charge is -2.11. The molecule has 3 aromatic heterocycles. The molecular weight excluding hydrogens is 280 g/mol. The first-order valence-electron chi connectivity index (χ1n) is 6.29. The molecule has 0 amide bonds. The summed E-state index contributed by atoms with van der Waals surface area (Å²) >= 11 is 7.01. The smallest absolute Gasteiger partial charge is 0.296 e. The molecule has 98 valence electrons. The summed E-state index contributed by atoms with van der Waals surface area (Å²) in [5.74, 6) is 0. The number of H-pyrrole nitrogens is 1. The van der Waals surface area contributed by atoms with E-state index in [0.717, 1.165) is 23.2 Å². The van der Waals surface area contributed by atoms with Gasteiger partial charge in [-0.05, 0) is 43.5 Å². The summed E-state index contributed by atoms with van der Waals surface area (Å²) in [6, 6.07) is 0. The largest absolute Gasteiger partial charge is 0.306 e. The Morgan fingerprint density at radius 3 is 3.00 bits per heavy atom. The van der Waals surface area contributed by atoms with Gasteiger partial charge in [0, 0.05) is 11.9 Å². The predicted octanol–water partition coefficient (Wildman–Crippen LogP) is 2.18. The average molecular weight is 292 g/mol. The molecule has 4 rings (SSSR count). The lowest BCUT2D eigenvalue weighted by Crippen LogP contribution is -2.20. The first kappa shape index (κ1) is 11.4. The van der Waals surface area contributed by atoms with Gasteiger partial charge in [-0.2, -0.15) is 0 Å². The Kier molecular flexibility index (Phi) is 2.25. The molecular formula is C12H12N4OS2. The molecule has 3 aromatic rings. The number of fused-ring (bicyclic) bond motifs is 5. The number of aryl methyl sites for hydroxylation is 3. The van der Waals surface area contributed by atoms with Crippen molar-refractivity contribution in [3.05, 3.63) is 25.6 Å². The van der Waals surface area contributed by atoms with E-state index in [1.165, 1.54) is 23.3 Å². The Balaban J connectivity index is 2.35. The molecule has 0 saturated heterocycles. The zero-order valence-electron chi connectivity index (χ0n) is 10.4. The van der Waals surface area contributed by atoms with Crippen molar-refractivity contribution in [1.82, 2.24) is 19.2 Å². The third kappa shape index (κ3) is 1.37. The number of hydrogen-bond donors (Lipinski definition) is 1. The summed E-state index contributed by atoms with van der Waals surface area (Å²) in [7, 11) is 1.82. The van der Waals surface area contributed by atoms with Crippen molar-refractivity contribution in [1.29, 1.82) is 0 Å².